The molecule has 0 radical (unpaired) electrons. The zero-order valence-corrected chi connectivity index (χ0v) is 19.1. The van der Waals surface area contributed by atoms with Gasteiger partial charge in [-0.25, -0.2) is 0 Å². The standard InChI is InChI=1S/2C8H8ClNO2.Ba/c2*9-6-1-2-7(10)5(3-6)4-8(11)12;/h2*1-3H,4,10H2,(H,11,12);/q;;+2/p-2. The fraction of sp³-hybridized carbons (Fsp3) is 0.125. The zero-order chi connectivity index (χ0) is 18.3. The molecule has 0 spiro atoms. The summed E-state index contributed by atoms with van der Waals surface area (Å²) in [4.78, 5) is 20.4. The monoisotopic (exact) mass is 506 g/mol. The molecule has 0 aromatic heterocycles. The summed E-state index contributed by atoms with van der Waals surface area (Å²) in [6, 6.07) is 9.39. The van der Waals surface area contributed by atoms with Crippen LogP contribution in [0.3, 0.4) is 0 Å². The van der Waals surface area contributed by atoms with E-state index in [-0.39, 0.29) is 61.7 Å². The predicted octanol–water partition coefficient (Wildman–Crippen LogP) is 0.0484. The summed E-state index contributed by atoms with van der Waals surface area (Å²) >= 11 is 11.3. The van der Waals surface area contributed by atoms with Gasteiger partial charge in [-0.15, -0.1) is 0 Å². The van der Waals surface area contributed by atoms with Crippen LogP contribution in [0.4, 0.5) is 11.4 Å². The van der Waals surface area contributed by atoms with E-state index >= 15 is 0 Å². The zero-order valence-electron chi connectivity index (χ0n) is 13.1. The van der Waals surface area contributed by atoms with E-state index < -0.39 is 11.9 Å². The smallest absolute Gasteiger partial charge is 0.550 e. The van der Waals surface area contributed by atoms with Gasteiger partial charge in [-0.2, -0.15) is 0 Å². The van der Waals surface area contributed by atoms with Crippen molar-refractivity contribution in [3.63, 3.8) is 0 Å². The molecule has 0 atom stereocenters. The molecule has 0 aliphatic heterocycles. The summed E-state index contributed by atoms with van der Waals surface area (Å²) in [5.74, 6) is -2.33. The van der Waals surface area contributed by atoms with Crippen LogP contribution in [0.2, 0.25) is 10.0 Å². The average Bonchev–Trinajstić information content (AvgIpc) is 2.46. The molecule has 2 aromatic carbocycles. The Balaban J connectivity index is 0.000000443. The van der Waals surface area contributed by atoms with Gasteiger partial charge in [-0.05, 0) is 47.5 Å². The van der Waals surface area contributed by atoms with E-state index in [0.717, 1.165) is 0 Å². The van der Waals surface area contributed by atoms with Gasteiger partial charge in [0, 0.05) is 46.2 Å². The van der Waals surface area contributed by atoms with Crippen LogP contribution < -0.4 is 21.7 Å². The first-order valence-corrected chi connectivity index (χ1v) is 7.42. The molecule has 25 heavy (non-hydrogen) atoms. The van der Waals surface area contributed by atoms with E-state index in [1.807, 2.05) is 0 Å². The van der Waals surface area contributed by atoms with Gasteiger partial charge in [-0.1, -0.05) is 23.2 Å². The summed E-state index contributed by atoms with van der Waals surface area (Å²) in [6.07, 6.45) is -0.404. The molecule has 0 saturated heterocycles. The summed E-state index contributed by atoms with van der Waals surface area (Å²) in [5.41, 5.74) is 12.8. The van der Waals surface area contributed by atoms with Gasteiger partial charge in [0.1, 0.15) is 0 Å². The van der Waals surface area contributed by atoms with E-state index in [1.54, 1.807) is 24.3 Å². The number of hydrogen-bond acceptors (Lipinski definition) is 6. The van der Waals surface area contributed by atoms with Crippen molar-refractivity contribution in [3.8, 4) is 0 Å². The number of anilines is 2. The van der Waals surface area contributed by atoms with Crippen molar-refractivity contribution in [2.75, 3.05) is 11.5 Å². The van der Waals surface area contributed by atoms with Crippen LogP contribution in [0, 0.1) is 0 Å². The molecule has 2 aromatic rings. The number of benzene rings is 2. The van der Waals surface area contributed by atoms with Crippen molar-refractivity contribution in [1.82, 2.24) is 0 Å². The average molecular weight is 507 g/mol. The normalized spacial score (nSPS) is 9.36. The number of carbonyl (C=O) groups is 2. The SMILES string of the molecule is Nc1ccc(Cl)cc1CC(=O)[O-].Nc1ccc(Cl)cc1CC(=O)[O-].[Ba+2]. The number of nitrogens with two attached hydrogens (primary N) is 2. The summed E-state index contributed by atoms with van der Waals surface area (Å²) < 4.78 is 0. The van der Waals surface area contributed by atoms with Crippen molar-refractivity contribution in [2.45, 2.75) is 12.8 Å². The van der Waals surface area contributed by atoms with Crippen molar-refractivity contribution in [2.24, 2.45) is 0 Å². The van der Waals surface area contributed by atoms with Crippen LogP contribution in [-0.4, -0.2) is 60.8 Å². The molecule has 4 N–H and O–H groups in total. The Bertz CT molecular complexity index is 693. The van der Waals surface area contributed by atoms with Gasteiger partial charge < -0.3 is 31.3 Å². The maximum atomic E-state index is 10.2. The van der Waals surface area contributed by atoms with Crippen molar-refractivity contribution >= 4 is 95.4 Å². The minimum atomic E-state index is -1.16. The Labute approximate surface area is 195 Å². The summed E-state index contributed by atoms with van der Waals surface area (Å²) in [7, 11) is 0. The number of carbonyl (C=O) groups excluding carboxylic acids is 2. The Morgan fingerprint density at radius 3 is 1.40 bits per heavy atom. The van der Waals surface area contributed by atoms with Gasteiger partial charge in [0.2, 0.25) is 0 Å². The van der Waals surface area contributed by atoms with Crippen molar-refractivity contribution < 1.29 is 19.8 Å². The fourth-order valence-electron chi connectivity index (χ4n) is 1.77. The molecule has 2 rings (SSSR count). The van der Waals surface area contributed by atoms with Crippen LogP contribution in [0.1, 0.15) is 11.1 Å². The molecule has 6 nitrogen and oxygen atoms in total. The quantitative estimate of drug-likeness (QED) is 0.445. The number of aliphatic carboxylic acids is 2. The molecule has 128 valence electrons. The van der Waals surface area contributed by atoms with E-state index in [4.69, 9.17) is 34.7 Å². The molecule has 0 saturated carbocycles. The number of rotatable bonds is 4. The molecule has 0 fully saturated rings. The first-order valence-electron chi connectivity index (χ1n) is 6.66. The molecule has 0 bridgehead atoms. The molecule has 0 aliphatic rings. The molecule has 0 aliphatic carbocycles. The van der Waals surface area contributed by atoms with Crippen molar-refractivity contribution in [3.05, 3.63) is 57.6 Å². The van der Waals surface area contributed by atoms with E-state index in [2.05, 4.69) is 0 Å². The van der Waals surface area contributed by atoms with Crippen LogP contribution in [-0.2, 0) is 22.4 Å². The van der Waals surface area contributed by atoms with Crippen LogP contribution >= 0.6 is 23.2 Å². The van der Waals surface area contributed by atoms with Crippen LogP contribution in [0.25, 0.3) is 0 Å². The number of carboxylic acid groups (broad SMARTS) is 2. The molecule has 0 amide bonds. The summed E-state index contributed by atoms with van der Waals surface area (Å²) in [5, 5.41) is 21.4. The van der Waals surface area contributed by atoms with E-state index in [0.29, 0.717) is 32.5 Å². The first-order chi connectivity index (χ1) is 11.2. The van der Waals surface area contributed by atoms with Gasteiger partial charge in [-0.3, -0.25) is 0 Å². The Morgan fingerprint density at radius 2 is 1.12 bits per heavy atom. The van der Waals surface area contributed by atoms with Gasteiger partial charge in [0.25, 0.3) is 0 Å². The number of halogens is 2. The minimum absolute atomic E-state index is 0. The first kappa shape index (κ1) is 24.1. The van der Waals surface area contributed by atoms with Gasteiger partial charge >= 0.3 is 48.9 Å². The van der Waals surface area contributed by atoms with Gasteiger partial charge in [0.15, 0.2) is 0 Å². The second-order valence-corrected chi connectivity index (χ2v) is 5.66. The largest absolute Gasteiger partial charge is 2.00 e. The van der Waals surface area contributed by atoms with Crippen molar-refractivity contribution in [1.29, 1.82) is 0 Å². The molecule has 9 heteroatoms. The Kier molecular flexibility index (Phi) is 11.3. The topological polar surface area (TPSA) is 132 Å². The molecular formula is C16H14BaCl2N2O4. The summed E-state index contributed by atoms with van der Waals surface area (Å²) in [6.45, 7) is 0. The second-order valence-electron chi connectivity index (χ2n) is 4.78. The third-order valence-electron chi connectivity index (χ3n) is 2.88. The molecular weight excluding hydrogens is 492 g/mol. The predicted molar refractivity (Wildman–Crippen MR) is 94.9 cm³/mol. The van der Waals surface area contributed by atoms with Crippen LogP contribution in [0.15, 0.2) is 36.4 Å². The number of nitrogen functional groups attached to an aromatic ring is 2. The molecule has 0 heterocycles. The second kappa shape index (κ2) is 11.7. The van der Waals surface area contributed by atoms with Gasteiger partial charge in [0.05, 0.1) is 0 Å². The van der Waals surface area contributed by atoms with E-state index in [9.17, 15) is 19.8 Å². The Morgan fingerprint density at radius 1 is 0.800 bits per heavy atom. The molecule has 0 unspecified atom stereocenters. The number of carboxylic acids is 2. The third kappa shape index (κ3) is 9.41. The maximum absolute atomic E-state index is 10.2. The maximum Gasteiger partial charge on any atom is 2.00 e. The Hall–Kier alpha value is -0.869. The van der Waals surface area contributed by atoms with Crippen LogP contribution in [0.5, 0.6) is 0 Å². The number of hydrogen-bond donors (Lipinski definition) is 2. The third-order valence-corrected chi connectivity index (χ3v) is 3.35. The minimum Gasteiger partial charge on any atom is -0.550 e. The van der Waals surface area contributed by atoms with E-state index in [1.165, 1.54) is 12.1 Å². The fourth-order valence-corrected chi connectivity index (χ4v) is 2.16.